The molecule has 6 nitrogen and oxygen atoms in total. The number of carbonyl (C=O) groups excluding carboxylic acids is 2. The molecule has 0 radical (unpaired) electrons. The van der Waals surface area contributed by atoms with E-state index in [1.54, 1.807) is 31.4 Å². The van der Waals surface area contributed by atoms with Crippen molar-refractivity contribution in [3.05, 3.63) is 77.9 Å². The third-order valence-corrected chi connectivity index (χ3v) is 6.87. The van der Waals surface area contributed by atoms with E-state index in [-0.39, 0.29) is 17.6 Å². The fourth-order valence-corrected chi connectivity index (χ4v) is 4.94. The Morgan fingerprint density at radius 1 is 1.03 bits per heavy atom. The number of carbonyl (C=O) groups is 2. The Labute approximate surface area is 194 Å². The average Bonchev–Trinajstić information content (AvgIpc) is 3.21. The number of para-hydroxylation sites is 1. The van der Waals surface area contributed by atoms with Gasteiger partial charge in [0.15, 0.2) is 4.34 Å². The van der Waals surface area contributed by atoms with Crippen molar-refractivity contribution >= 4 is 56.5 Å². The van der Waals surface area contributed by atoms with Gasteiger partial charge >= 0.3 is 0 Å². The molecule has 3 aromatic carbocycles. The average molecular weight is 464 g/mol. The molecular weight excluding hydrogens is 442 g/mol. The monoisotopic (exact) mass is 463 g/mol. The van der Waals surface area contributed by atoms with Crippen LogP contribution >= 0.6 is 23.1 Å². The Morgan fingerprint density at radius 3 is 2.69 bits per heavy atom. The summed E-state index contributed by atoms with van der Waals surface area (Å²) in [7, 11) is 1.57. The van der Waals surface area contributed by atoms with E-state index >= 15 is 0 Å². The molecule has 0 atom stereocenters. The summed E-state index contributed by atoms with van der Waals surface area (Å²) in [6.45, 7) is 1.96. The Bertz CT molecular complexity index is 1290. The van der Waals surface area contributed by atoms with Crippen LogP contribution < -0.4 is 15.4 Å². The lowest BCUT2D eigenvalue weighted by Crippen LogP contribution is -2.14. The van der Waals surface area contributed by atoms with E-state index in [4.69, 9.17) is 4.74 Å². The molecule has 4 rings (SSSR count). The number of aromatic nitrogens is 1. The molecule has 0 aliphatic carbocycles. The number of amides is 2. The van der Waals surface area contributed by atoms with Crippen molar-refractivity contribution in [3.8, 4) is 5.75 Å². The van der Waals surface area contributed by atoms with E-state index in [0.717, 1.165) is 25.8 Å². The third kappa shape index (κ3) is 5.27. The zero-order valence-electron chi connectivity index (χ0n) is 17.5. The predicted octanol–water partition coefficient (Wildman–Crippen LogP) is 5.60. The molecule has 1 aromatic heterocycles. The zero-order chi connectivity index (χ0) is 22.5. The molecule has 2 amide bonds. The summed E-state index contributed by atoms with van der Waals surface area (Å²) < 4.78 is 6.92. The number of anilines is 2. The van der Waals surface area contributed by atoms with Crippen molar-refractivity contribution in [1.29, 1.82) is 0 Å². The van der Waals surface area contributed by atoms with Gasteiger partial charge in [0, 0.05) is 16.9 Å². The van der Waals surface area contributed by atoms with Gasteiger partial charge in [-0.25, -0.2) is 4.98 Å². The van der Waals surface area contributed by atoms with Crippen LogP contribution in [0, 0.1) is 6.92 Å². The molecule has 162 valence electrons. The molecule has 2 N–H and O–H groups in total. The minimum absolute atomic E-state index is 0.0743. The highest BCUT2D eigenvalue weighted by Crippen LogP contribution is 2.31. The van der Waals surface area contributed by atoms with Gasteiger partial charge in [-0.05, 0) is 55.0 Å². The number of ether oxygens (including phenoxy) is 1. The number of nitrogens with zero attached hydrogens (tertiary/aromatic N) is 1. The molecule has 0 saturated heterocycles. The number of thiazole rings is 1. The standard InChI is InChI=1S/C24H21N3O3S2/c1-15-6-3-4-9-19(15)26-22(28)14-31-24-27-20-11-10-17(13-21(20)32-24)25-23(29)16-7-5-8-18(12-16)30-2/h3-13H,14H2,1-2H3,(H,25,29)(H,26,28). The maximum Gasteiger partial charge on any atom is 0.255 e. The van der Waals surface area contributed by atoms with Crippen molar-refractivity contribution < 1.29 is 14.3 Å². The summed E-state index contributed by atoms with van der Waals surface area (Å²) in [6.07, 6.45) is 0. The molecule has 0 saturated carbocycles. The molecule has 0 aliphatic rings. The second-order valence-electron chi connectivity index (χ2n) is 7.00. The largest absolute Gasteiger partial charge is 0.497 e. The molecule has 0 unspecified atom stereocenters. The zero-order valence-corrected chi connectivity index (χ0v) is 19.2. The van der Waals surface area contributed by atoms with Gasteiger partial charge in [0.25, 0.3) is 5.91 Å². The Morgan fingerprint density at radius 2 is 1.88 bits per heavy atom. The van der Waals surface area contributed by atoms with Gasteiger partial charge in [0.05, 0.1) is 23.1 Å². The molecule has 0 spiro atoms. The summed E-state index contributed by atoms with van der Waals surface area (Å²) in [5, 5.41) is 5.84. The molecule has 0 aliphatic heterocycles. The molecule has 1 heterocycles. The number of thioether (sulfide) groups is 1. The summed E-state index contributed by atoms with van der Waals surface area (Å²) in [5.41, 5.74) is 3.87. The van der Waals surface area contributed by atoms with Gasteiger partial charge in [-0.3, -0.25) is 9.59 Å². The maximum absolute atomic E-state index is 12.5. The van der Waals surface area contributed by atoms with Crippen LogP contribution in [0.15, 0.2) is 71.1 Å². The smallest absolute Gasteiger partial charge is 0.255 e. The lowest BCUT2D eigenvalue weighted by Gasteiger charge is -2.06. The van der Waals surface area contributed by atoms with Crippen LogP contribution in [-0.2, 0) is 4.79 Å². The SMILES string of the molecule is COc1cccc(C(=O)Nc2ccc3nc(SCC(=O)Nc4ccccc4C)sc3c2)c1. The molecule has 4 aromatic rings. The van der Waals surface area contributed by atoms with Gasteiger partial charge in [-0.15, -0.1) is 11.3 Å². The minimum Gasteiger partial charge on any atom is -0.497 e. The van der Waals surface area contributed by atoms with Crippen LogP contribution in [0.5, 0.6) is 5.75 Å². The van der Waals surface area contributed by atoms with E-state index in [2.05, 4.69) is 15.6 Å². The lowest BCUT2D eigenvalue weighted by atomic mass is 10.2. The van der Waals surface area contributed by atoms with Crippen molar-refractivity contribution in [2.24, 2.45) is 0 Å². The molecule has 0 fully saturated rings. The summed E-state index contributed by atoms with van der Waals surface area (Å²) >= 11 is 2.89. The van der Waals surface area contributed by atoms with Crippen LogP contribution in [0.25, 0.3) is 10.2 Å². The normalized spacial score (nSPS) is 10.7. The second kappa shape index (κ2) is 9.84. The van der Waals surface area contributed by atoms with Crippen molar-refractivity contribution in [2.75, 3.05) is 23.5 Å². The first-order chi connectivity index (χ1) is 15.5. The minimum atomic E-state index is -0.213. The highest BCUT2D eigenvalue weighted by molar-refractivity contribution is 8.01. The molecule has 0 bridgehead atoms. The fraction of sp³-hybridized carbons (Fsp3) is 0.125. The third-order valence-electron chi connectivity index (χ3n) is 4.70. The first-order valence-electron chi connectivity index (χ1n) is 9.86. The number of fused-ring (bicyclic) bond motifs is 1. The highest BCUT2D eigenvalue weighted by Gasteiger charge is 2.11. The summed E-state index contributed by atoms with van der Waals surface area (Å²) in [4.78, 5) is 29.4. The van der Waals surface area contributed by atoms with Crippen LogP contribution in [0.4, 0.5) is 11.4 Å². The first kappa shape index (κ1) is 21.9. The summed E-state index contributed by atoms with van der Waals surface area (Å²) in [5.74, 6) is 0.613. The number of aryl methyl sites for hydroxylation is 1. The number of hydrogen-bond donors (Lipinski definition) is 2. The second-order valence-corrected chi connectivity index (χ2v) is 9.25. The van der Waals surface area contributed by atoms with Crippen LogP contribution in [0.2, 0.25) is 0 Å². The van der Waals surface area contributed by atoms with Gasteiger partial charge in [0.1, 0.15) is 5.75 Å². The Kier molecular flexibility index (Phi) is 6.72. The lowest BCUT2D eigenvalue weighted by molar-refractivity contribution is -0.113. The number of hydrogen-bond acceptors (Lipinski definition) is 6. The Balaban J connectivity index is 1.39. The predicted molar refractivity (Wildman–Crippen MR) is 131 cm³/mol. The number of rotatable bonds is 7. The topological polar surface area (TPSA) is 80.3 Å². The van der Waals surface area contributed by atoms with Crippen LogP contribution in [0.3, 0.4) is 0 Å². The van der Waals surface area contributed by atoms with Crippen molar-refractivity contribution in [1.82, 2.24) is 4.98 Å². The molecule has 8 heteroatoms. The van der Waals surface area contributed by atoms with Crippen LogP contribution in [0.1, 0.15) is 15.9 Å². The quantitative estimate of drug-likeness (QED) is 0.349. The van der Waals surface area contributed by atoms with Gasteiger partial charge < -0.3 is 15.4 Å². The number of methoxy groups -OCH3 is 1. The number of benzene rings is 3. The van der Waals surface area contributed by atoms with E-state index in [9.17, 15) is 9.59 Å². The van der Waals surface area contributed by atoms with Crippen molar-refractivity contribution in [3.63, 3.8) is 0 Å². The Hall–Kier alpha value is -3.36. The van der Waals surface area contributed by atoms with E-state index < -0.39 is 0 Å². The van der Waals surface area contributed by atoms with Crippen molar-refractivity contribution in [2.45, 2.75) is 11.3 Å². The van der Waals surface area contributed by atoms with E-state index in [1.807, 2.05) is 49.4 Å². The van der Waals surface area contributed by atoms with Gasteiger partial charge in [-0.1, -0.05) is 36.0 Å². The molecule has 32 heavy (non-hydrogen) atoms. The van der Waals surface area contributed by atoms with Gasteiger partial charge in [0.2, 0.25) is 5.91 Å². The van der Waals surface area contributed by atoms with E-state index in [1.165, 1.54) is 23.1 Å². The van der Waals surface area contributed by atoms with Crippen LogP contribution in [-0.4, -0.2) is 29.7 Å². The molecular formula is C24H21N3O3S2. The van der Waals surface area contributed by atoms with E-state index in [0.29, 0.717) is 17.0 Å². The number of nitrogens with one attached hydrogen (secondary N) is 2. The fourth-order valence-electron chi connectivity index (χ4n) is 3.04. The maximum atomic E-state index is 12.5. The highest BCUT2D eigenvalue weighted by atomic mass is 32.2. The van der Waals surface area contributed by atoms with Gasteiger partial charge in [-0.2, -0.15) is 0 Å². The summed E-state index contributed by atoms with van der Waals surface area (Å²) in [6, 6.07) is 20.3. The first-order valence-corrected chi connectivity index (χ1v) is 11.7.